The van der Waals surface area contributed by atoms with Crippen LogP contribution < -0.4 is 0 Å². The zero-order chi connectivity index (χ0) is 20.1. The van der Waals surface area contributed by atoms with Crippen molar-refractivity contribution in [2.75, 3.05) is 6.54 Å². The van der Waals surface area contributed by atoms with Crippen molar-refractivity contribution in [1.29, 1.82) is 0 Å². The minimum Gasteiger partial charge on any atom is -0.376 e. The maximum atomic E-state index is 13.2. The van der Waals surface area contributed by atoms with Crippen LogP contribution in [0.2, 0.25) is 0 Å². The van der Waals surface area contributed by atoms with E-state index in [1.54, 1.807) is 0 Å². The van der Waals surface area contributed by atoms with Gasteiger partial charge in [0.2, 0.25) is 0 Å². The average molecular weight is 392 g/mol. The first-order valence-electron chi connectivity index (χ1n) is 9.61. The number of halogens is 3. The molecule has 0 saturated heterocycles. The van der Waals surface area contributed by atoms with E-state index in [2.05, 4.69) is 4.99 Å². The number of hydrogen-bond acceptors (Lipinski definition) is 3. The van der Waals surface area contributed by atoms with Crippen molar-refractivity contribution >= 4 is 12.1 Å². The Morgan fingerprint density at radius 3 is 2.43 bits per heavy atom. The van der Waals surface area contributed by atoms with Crippen LogP contribution in [0.5, 0.6) is 0 Å². The van der Waals surface area contributed by atoms with Gasteiger partial charge in [-0.1, -0.05) is 12.1 Å². The first-order chi connectivity index (χ1) is 13.2. The number of rotatable bonds is 4. The number of carbonyl (C=O) groups excluding carboxylic acids is 1. The quantitative estimate of drug-likeness (QED) is 0.842. The Kier molecular flexibility index (Phi) is 4.61. The van der Waals surface area contributed by atoms with Gasteiger partial charge in [0.25, 0.3) is 5.91 Å². The van der Waals surface area contributed by atoms with Gasteiger partial charge in [-0.15, -0.1) is 0 Å². The van der Waals surface area contributed by atoms with E-state index in [0.29, 0.717) is 5.56 Å². The van der Waals surface area contributed by atoms with Crippen LogP contribution in [0.25, 0.3) is 0 Å². The first kappa shape index (κ1) is 19.2. The number of nitrogens with zero attached hydrogens (tertiary/aromatic N) is 2. The van der Waals surface area contributed by atoms with Crippen LogP contribution >= 0.6 is 0 Å². The Hall–Kier alpha value is -2.15. The van der Waals surface area contributed by atoms with Crippen LogP contribution in [0.4, 0.5) is 13.2 Å². The molecule has 1 fully saturated rings. The van der Waals surface area contributed by atoms with E-state index in [9.17, 15) is 23.1 Å². The summed E-state index contributed by atoms with van der Waals surface area (Å²) in [6, 6.07) is 5.46. The number of benzene rings is 1. The van der Waals surface area contributed by atoms with E-state index in [0.717, 1.165) is 45.6 Å². The van der Waals surface area contributed by atoms with E-state index < -0.39 is 11.8 Å². The van der Waals surface area contributed by atoms with Crippen molar-refractivity contribution in [2.45, 2.75) is 62.9 Å². The molecule has 0 spiro atoms. The number of aliphatic hydroxyl groups is 1. The standard InChI is InChI=1S/C21H23F3N2O2/c1-20(28,21(22,23)24)16-5-2-13(3-6-16)19(27)26(17-8-9-17)18-7-4-14-11-25-12-15(14)10-18/h2-3,5-6,12,17-18,28H,4,7-11H2,1H3. The van der Waals surface area contributed by atoms with E-state index >= 15 is 0 Å². The summed E-state index contributed by atoms with van der Waals surface area (Å²) >= 11 is 0. The second-order valence-electron chi connectivity index (χ2n) is 8.09. The number of aliphatic imine (C=N–C) groups is 1. The molecule has 0 radical (unpaired) electrons. The molecule has 1 heterocycles. The van der Waals surface area contributed by atoms with Crippen molar-refractivity contribution in [3.63, 3.8) is 0 Å². The zero-order valence-electron chi connectivity index (χ0n) is 15.7. The maximum Gasteiger partial charge on any atom is 0.421 e. The summed E-state index contributed by atoms with van der Waals surface area (Å²) in [7, 11) is 0. The lowest BCUT2D eigenvalue weighted by atomic mass is 9.88. The van der Waals surface area contributed by atoms with Crippen molar-refractivity contribution in [1.82, 2.24) is 4.90 Å². The van der Waals surface area contributed by atoms with E-state index in [-0.39, 0.29) is 23.6 Å². The molecule has 28 heavy (non-hydrogen) atoms. The highest BCUT2D eigenvalue weighted by molar-refractivity contribution is 5.95. The molecule has 2 unspecified atom stereocenters. The minimum absolute atomic E-state index is 0.0984. The van der Waals surface area contributed by atoms with Crippen LogP contribution in [-0.4, -0.2) is 46.9 Å². The SMILES string of the molecule is CC(O)(c1ccc(C(=O)N(C2CC2)C2CCC3=C(C=NC3)C2)cc1)C(F)(F)F. The summed E-state index contributed by atoms with van der Waals surface area (Å²) in [4.78, 5) is 19.4. The van der Waals surface area contributed by atoms with Crippen LogP contribution in [0.1, 0.15) is 54.9 Å². The number of alkyl halides is 3. The molecule has 1 aromatic rings. The lowest BCUT2D eigenvalue weighted by molar-refractivity contribution is -0.258. The van der Waals surface area contributed by atoms with Gasteiger partial charge in [0.05, 0.1) is 6.54 Å². The highest BCUT2D eigenvalue weighted by atomic mass is 19.4. The van der Waals surface area contributed by atoms with Crippen molar-refractivity contribution in [2.24, 2.45) is 4.99 Å². The maximum absolute atomic E-state index is 13.2. The fourth-order valence-electron chi connectivity index (χ4n) is 4.06. The molecule has 1 aliphatic heterocycles. The van der Waals surface area contributed by atoms with Crippen LogP contribution in [0.3, 0.4) is 0 Å². The summed E-state index contributed by atoms with van der Waals surface area (Å²) in [6.45, 7) is 1.48. The highest BCUT2D eigenvalue weighted by Gasteiger charge is 2.51. The van der Waals surface area contributed by atoms with Gasteiger partial charge < -0.3 is 10.0 Å². The van der Waals surface area contributed by atoms with Crippen LogP contribution in [0, 0.1) is 0 Å². The summed E-state index contributed by atoms with van der Waals surface area (Å²) in [6.07, 6.45) is 1.67. The van der Waals surface area contributed by atoms with E-state index in [4.69, 9.17) is 0 Å². The van der Waals surface area contributed by atoms with Gasteiger partial charge in [-0.2, -0.15) is 13.2 Å². The molecule has 0 bridgehead atoms. The molecule has 150 valence electrons. The molecule has 0 aromatic heterocycles. The Balaban J connectivity index is 1.55. The van der Waals surface area contributed by atoms with Gasteiger partial charge in [0.1, 0.15) is 0 Å². The summed E-state index contributed by atoms with van der Waals surface area (Å²) in [5.41, 5.74) is -0.277. The second kappa shape index (κ2) is 6.72. The molecule has 4 nitrogen and oxygen atoms in total. The molecule has 1 saturated carbocycles. The van der Waals surface area contributed by atoms with Gasteiger partial charge in [-0.05, 0) is 67.9 Å². The van der Waals surface area contributed by atoms with Crippen molar-refractivity contribution in [3.8, 4) is 0 Å². The molecule has 2 aliphatic carbocycles. The van der Waals surface area contributed by atoms with Crippen molar-refractivity contribution in [3.05, 3.63) is 46.5 Å². The highest BCUT2D eigenvalue weighted by Crippen LogP contribution is 2.40. The smallest absolute Gasteiger partial charge is 0.376 e. The summed E-state index contributed by atoms with van der Waals surface area (Å²) < 4.78 is 39.1. The monoisotopic (exact) mass is 392 g/mol. The minimum atomic E-state index is -4.78. The number of carbonyl (C=O) groups is 1. The normalized spacial score (nSPS) is 24.1. The van der Waals surface area contributed by atoms with Crippen LogP contribution in [-0.2, 0) is 5.60 Å². The van der Waals surface area contributed by atoms with Crippen LogP contribution in [0.15, 0.2) is 40.4 Å². The lowest BCUT2D eigenvalue weighted by Gasteiger charge is -2.35. The van der Waals surface area contributed by atoms with Gasteiger partial charge in [-0.3, -0.25) is 9.79 Å². The topological polar surface area (TPSA) is 52.9 Å². The largest absolute Gasteiger partial charge is 0.421 e. The fourth-order valence-corrected chi connectivity index (χ4v) is 4.06. The molecule has 7 heteroatoms. The van der Waals surface area contributed by atoms with E-state index in [1.807, 2.05) is 11.1 Å². The molecular weight excluding hydrogens is 369 g/mol. The zero-order valence-corrected chi connectivity index (χ0v) is 15.7. The third kappa shape index (κ3) is 3.36. The Bertz CT molecular complexity index is 836. The van der Waals surface area contributed by atoms with E-state index in [1.165, 1.54) is 35.4 Å². The predicted molar refractivity (Wildman–Crippen MR) is 99.3 cm³/mol. The molecule has 1 N–H and O–H groups in total. The molecule has 2 atom stereocenters. The lowest BCUT2D eigenvalue weighted by Crippen LogP contribution is -2.43. The summed E-state index contributed by atoms with van der Waals surface area (Å²) in [5.74, 6) is -0.148. The molecule has 1 amide bonds. The Morgan fingerprint density at radius 2 is 1.82 bits per heavy atom. The molecular formula is C21H23F3N2O2. The predicted octanol–water partition coefficient (Wildman–Crippen LogP) is 3.99. The molecule has 4 rings (SSSR count). The summed E-state index contributed by atoms with van der Waals surface area (Å²) in [5, 5.41) is 9.81. The van der Waals surface area contributed by atoms with Crippen molar-refractivity contribution < 1.29 is 23.1 Å². The van der Waals surface area contributed by atoms with Gasteiger partial charge in [-0.25, -0.2) is 0 Å². The third-order valence-electron chi connectivity index (χ3n) is 6.03. The number of amides is 1. The first-order valence-corrected chi connectivity index (χ1v) is 9.61. The average Bonchev–Trinajstić information content (AvgIpc) is 3.36. The fraction of sp³-hybridized carbons (Fsp3) is 0.524. The third-order valence-corrected chi connectivity index (χ3v) is 6.03. The number of hydrogen-bond donors (Lipinski definition) is 1. The second-order valence-corrected chi connectivity index (χ2v) is 8.09. The van der Waals surface area contributed by atoms with Gasteiger partial charge in [0, 0.05) is 23.9 Å². The Labute approximate surface area is 161 Å². The Morgan fingerprint density at radius 1 is 1.14 bits per heavy atom. The van der Waals surface area contributed by atoms with Gasteiger partial charge in [0.15, 0.2) is 5.60 Å². The van der Waals surface area contributed by atoms with Gasteiger partial charge >= 0.3 is 6.18 Å². The molecule has 1 aromatic carbocycles. The molecule has 3 aliphatic rings.